The van der Waals surface area contributed by atoms with Crippen LogP contribution in [0.15, 0.2) is 6.08 Å². The third kappa shape index (κ3) is 9.87. The molecule has 0 aromatic carbocycles. The summed E-state index contributed by atoms with van der Waals surface area (Å²) in [6, 6.07) is 0. The molecule has 0 bridgehead atoms. The first-order valence-corrected chi connectivity index (χ1v) is 5.52. The summed E-state index contributed by atoms with van der Waals surface area (Å²) >= 11 is 4.58. The van der Waals surface area contributed by atoms with Crippen LogP contribution in [0.2, 0.25) is 0 Å². The minimum Gasteiger partial charge on any atom is -0.0654 e. The van der Waals surface area contributed by atoms with E-state index in [2.05, 4.69) is 24.2 Å². The highest BCUT2D eigenvalue weighted by molar-refractivity contribution is 7.78. The highest BCUT2D eigenvalue weighted by atomic mass is 32.1. The summed E-state index contributed by atoms with van der Waals surface area (Å²) in [6.45, 7) is 2.25. The van der Waals surface area contributed by atoms with Crippen molar-refractivity contribution in [2.75, 3.05) is 0 Å². The summed E-state index contributed by atoms with van der Waals surface area (Å²) in [7, 11) is 0. The van der Waals surface area contributed by atoms with Crippen LogP contribution in [0.1, 0.15) is 58.3 Å². The highest BCUT2D eigenvalue weighted by Gasteiger charge is 1.88. The van der Waals surface area contributed by atoms with Crippen molar-refractivity contribution < 1.29 is 0 Å². The van der Waals surface area contributed by atoms with Gasteiger partial charge in [-0.3, -0.25) is 0 Å². The lowest BCUT2D eigenvalue weighted by Crippen LogP contribution is -1.78. The standard InChI is InChI=1S/C11H20S/c1-2-3-4-5-6-7-8-9-10-11-12/h10H,2-9H2,1H3. The van der Waals surface area contributed by atoms with Crippen LogP contribution < -0.4 is 0 Å². The first kappa shape index (κ1) is 11.9. The number of hydrogen-bond acceptors (Lipinski definition) is 1. The van der Waals surface area contributed by atoms with Crippen molar-refractivity contribution in [3.63, 3.8) is 0 Å². The van der Waals surface area contributed by atoms with E-state index in [1.54, 1.807) is 0 Å². The lowest BCUT2D eigenvalue weighted by molar-refractivity contribution is 0.592. The van der Waals surface area contributed by atoms with E-state index < -0.39 is 0 Å². The highest BCUT2D eigenvalue weighted by Crippen LogP contribution is 2.07. The number of unbranched alkanes of at least 4 members (excludes halogenated alkanes) is 7. The smallest absolute Gasteiger partial charge is 0.0266 e. The maximum atomic E-state index is 4.58. The van der Waals surface area contributed by atoms with Crippen LogP contribution in [-0.2, 0) is 0 Å². The monoisotopic (exact) mass is 184 g/mol. The Morgan fingerprint density at radius 1 is 1.00 bits per heavy atom. The predicted molar refractivity (Wildman–Crippen MR) is 59.8 cm³/mol. The first-order valence-electron chi connectivity index (χ1n) is 5.11. The van der Waals surface area contributed by atoms with E-state index in [-0.39, 0.29) is 0 Å². The molecule has 0 aliphatic carbocycles. The molecule has 12 heavy (non-hydrogen) atoms. The van der Waals surface area contributed by atoms with Gasteiger partial charge >= 0.3 is 0 Å². The Balaban J connectivity index is 2.86. The quantitative estimate of drug-likeness (QED) is 0.401. The molecule has 0 aliphatic rings. The number of rotatable bonds is 8. The van der Waals surface area contributed by atoms with Crippen molar-refractivity contribution in [3.05, 3.63) is 6.08 Å². The Bertz CT molecular complexity index is 123. The molecule has 0 spiro atoms. The Labute approximate surface area is 82.1 Å². The summed E-state index contributed by atoms with van der Waals surface area (Å²) in [5.41, 5.74) is 0. The van der Waals surface area contributed by atoms with Gasteiger partial charge in [0.1, 0.15) is 0 Å². The van der Waals surface area contributed by atoms with E-state index in [1.807, 2.05) is 6.08 Å². The molecule has 70 valence electrons. The number of allylic oxidation sites excluding steroid dienone is 1. The zero-order chi connectivity index (χ0) is 9.07. The molecule has 0 aromatic heterocycles. The molecule has 0 nitrogen and oxygen atoms in total. The van der Waals surface area contributed by atoms with Crippen LogP contribution in [0.5, 0.6) is 0 Å². The van der Waals surface area contributed by atoms with Crippen LogP contribution >= 0.6 is 12.2 Å². The lowest BCUT2D eigenvalue weighted by atomic mass is 10.1. The molecule has 0 fully saturated rings. The lowest BCUT2D eigenvalue weighted by Gasteiger charge is -1.97. The van der Waals surface area contributed by atoms with Gasteiger partial charge in [-0.05, 0) is 31.1 Å². The fourth-order valence-corrected chi connectivity index (χ4v) is 1.38. The van der Waals surface area contributed by atoms with Crippen LogP contribution in [0.25, 0.3) is 0 Å². The van der Waals surface area contributed by atoms with Gasteiger partial charge in [-0.15, -0.1) is 0 Å². The second-order valence-corrected chi connectivity index (χ2v) is 3.47. The maximum Gasteiger partial charge on any atom is -0.0266 e. The van der Waals surface area contributed by atoms with Crippen molar-refractivity contribution in [2.24, 2.45) is 0 Å². The van der Waals surface area contributed by atoms with Gasteiger partial charge in [0.25, 0.3) is 0 Å². The molecule has 0 aliphatic heterocycles. The summed E-state index contributed by atoms with van der Waals surface area (Å²) in [6.07, 6.45) is 12.7. The largest absolute Gasteiger partial charge is 0.0654 e. The van der Waals surface area contributed by atoms with Gasteiger partial charge in [0.05, 0.1) is 0 Å². The molecule has 0 saturated carbocycles. The van der Waals surface area contributed by atoms with Crippen LogP contribution in [-0.4, -0.2) is 5.02 Å². The van der Waals surface area contributed by atoms with E-state index in [4.69, 9.17) is 0 Å². The molecule has 0 atom stereocenters. The predicted octanol–water partition coefficient (Wildman–Crippen LogP) is 4.28. The minimum absolute atomic E-state index is 1.12. The van der Waals surface area contributed by atoms with Gasteiger partial charge < -0.3 is 0 Å². The summed E-state index contributed by atoms with van der Waals surface area (Å²) in [5.74, 6) is 0. The van der Waals surface area contributed by atoms with Gasteiger partial charge in [-0.25, -0.2) is 0 Å². The van der Waals surface area contributed by atoms with Crippen molar-refractivity contribution in [2.45, 2.75) is 58.3 Å². The Hall–Kier alpha value is -0.130. The van der Waals surface area contributed by atoms with Crippen molar-refractivity contribution >= 4 is 17.2 Å². The molecule has 0 heterocycles. The topological polar surface area (TPSA) is 0 Å². The molecule has 0 unspecified atom stereocenters. The van der Waals surface area contributed by atoms with E-state index in [9.17, 15) is 0 Å². The molecule has 0 aromatic rings. The average Bonchev–Trinajstić information content (AvgIpc) is 2.10. The SMILES string of the molecule is CCCCCCCCCC=C=S. The van der Waals surface area contributed by atoms with E-state index in [0.29, 0.717) is 0 Å². The van der Waals surface area contributed by atoms with Crippen LogP contribution in [0.4, 0.5) is 0 Å². The minimum atomic E-state index is 1.12. The Kier molecular flexibility index (Phi) is 10.8. The van der Waals surface area contributed by atoms with Crippen LogP contribution in [0, 0.1) is 0 Å². The fraction of sp³-hybridized carbons (Fsp3) is 0.818. The van der Waals surface area contributed by atoms with Crippen LogP contribution in [0.3, 0.4) is 0 Å². The summed E-state index contributed by atoms with van der Waals surface area (Å²) in [4.78, 5) is 0. The van der Waals surface area contributed by atoms with Crippen molar-refractivity contribution in [1.29, 1.82) is 0 Å². The molecule has 0 N–H and O–H groups in total. The van der Waals surface area contributed by atoms with E-state index in [0.717, 1.165) is 6.42 Å². The first-order chi connectivity index (χ1) is 5.91. The van der Waals surface area contributed by atoms with Gasteiger partial charge in [0.2, 0.25) is 0 Å². The molecule has 0 rings (SSSR count). The second-order valence-electron chi connectivity index (χ2n) is 3.23. The Morgan fingerprint density at radius 3 is 2.17 bits per heavy atom. The third-order valence-corrected chi connectivity index (χ3v) is 2.20. The molecule has 1 heteroatoms. The van der Waals surface area contributed by atoms with Gasteiger partial charge in [0, 0.05) is 0 Å². The van der Waals surface area contributed by atoms with Crippen molar-refractivity contribution in [3.8, 4) is 0 Å². The van der Waals surface area contributed by atoms with Crippen molar-refractivity contribution in [1.82, 2.24) is 0 Å². The van der Waals surface area contributed by atoms with E-state index >= 15 is 0 Å². The average molecular weight is 184 g/mol. The normalized spacial score (nSPS) is 9.42. The summed E-state index contributed by atoms with van der Waals surface area (Å²) in [5, 5.41) is 2.64. The van der Waals surface area contributed by atoms with E-state index in [1.165, 1.54) is 44.9 Å². The number of thiocarbonyl (C=S) groups is 1. The molecular weight excluding hydrogens is 164 g/mol. The molecule has 0 amide bonds. The number of hydrogen-bond donors (Lipinski definition) is 0. The van der Waals surface area contributed by atoms with Gasteiger partial charge in [0.15, 0.2) is 0 Å². The molecular formula is C11H20S. The van der Waals surface area contributed by atoms with Gasteiger partial charge in [-0.2, -0.15) is 0 Å². The fourth-order valence-electron chi connectivity index (χ4n) is 1.26. The zero-order valence-electron chi connectivity index (χ0n) is 8.14. The summed E-state index contributed by atoms with van der Waals surface area (Å²) < 4.78 is 0. The molecule has 0 saturated heterocycles. The maximum absolute atomic E-state index is 4.58. The Morgan fingerprint density at radius 2 is 1.58 bits per heavy atom. The third-order valence-electron chi connectivity index (χ3n) is 2.04. The second kappa shape index (κ2) is 10.9. The zero-order valence-corrected chi connectivity index (χ0v) is 8.96. The molecule has 0 radical (unpaired) electrons. The van der Waals surface area contributed by atoms with Gasteiger partial charge in [-0.1, -0.05) is 50.5 Å².